The van der Waals surface area contributed by atoms with Crippen LogP contribution in [0.5, 0.6) is 0 Å². The van der Waals surface area contributed by atoms with E-state index in [1.807, 2.05) is 4.90 Å². The van der Waals surface area contributed by atoms with E-state index in [0.717, 1.165) is 25.8 Å². The number of nitrogens with zero attached hydrogens (tertiary/aromatic N) is 3. The maximum atomic E-state index is 12.7. The van der Waals surface area contributed by atoms with Crippen molar-refractivity contribution < 1.29 is 14.3 Å². The number of pyridine rings is 1. The van der Waals surface area contributed by atoms with Gasteiger partial charge in [0.25, 0.3) is 11.5 Å². The lowest BCUT2D eigenvalue weighted by atomic mass is 9.72. The molecule has 0 aromatic carbocycles. The van der Waals surface area contributed by atoms with E-state index in [-0.39, 0.29) is 28.4 Å². The van der Waals surface area contributed by atoms with Crippen LogP contribution in [0, 0.1) is 5.41 Å². The predicted molar refractivity (Wildman–Crippen MR) is 96.9 cm³/mol. The van der Waals surface area contributed by atoms with Crippen LogP contribution in [0.4, 0.5) is 0 Å². The van der Waals surface area contributed by atoms with Crippen molar-refractivity contribution in [3.05, 3.63) is 34.2 Å². The summed E-state index contributed by atoms with van der Waals surface area (Å²) >= 11 is 0. The van der Waals surface area contributed by atoms with Gasteiger partial charge >= 0.3 is 0 Å². The van der Waals surface area contributed by atoms with Crippen molar-refractivity contribution in [1.82, 2.24) is 14.4 Å². The number of carbonyl (C=O) groups is 2. The Labute approximate surface area is 153 Å². The Hall–Kier alpha value is -2.15. The van der Waals surface area contributed by atoms with E-state index in [4.69, 9.17) is 4.74 Å². The van der Waals surface area contributed by atoms with Crippen molar-refractivity contribution in [3.63, 3.8) is 0 Å². The van der Waals surface area contributed by atoms with Crippen LogP contribution in [0.1, 0.15) is 36.0 Å². The number of carbonyl (C=O) groups excluding carboxylic acids is 2. The molecule has 142 valence electrons. The highest BCUT2D eigenvalue weighted by atomic mass is 16.5. The third-order valence-corrected chi connectivity index (χ3v) is 5.78. The average Bonchev–Trinajstić information content (AvgIpc) is 2.65. The molecule has 0 aliphatic carbocycles. The first-order valence-electron chi connectivity index (χ1n) is 9.17. The smallest absolute Gasteiger partial charge is 0.263 e. The van der Waals surface area contributed by atoms with Gasteiger partial charge in [-0.2, -0.15) is 0 Å². The van der Waals surface area contributed by atoms with Gasteiger partial charge in [0.1, 0.15) is 5.56 Å². The average molecular weight is 361 g/mol. The highest BCUT2D eigenvalue weighted by molar-refractivity contribution is 5.93. The molecule has 0 saturated carbocycles. The first-order valence-corrected chi connectivity index (χ1v) is 9.17. The number of hydrogen-bond acceptors (Lipinski definition) is 4. The molecule has 1 aromatic heterocycles. The zero-order valence-corrected chi connectivity index (χ0v) is 15.6. The van der Waals surface area contributed by atoms with Crippen LogP contribution in [0.3, 0.4) is 0 Å². The summed E-state index contributed by atoms with van der Waals surface area (Å²) in [7, 11) is 3.29. The van der Waals surface area contributed by atoms with Gasteiger partial charge in [0.15, 0.2) is 0 Å². The van der Waals surface area contributed by atoms with E-state index >= 15 is 0 Å². The molecule has 3 heterocycles. The summed E-state index contributed by atoms with van der Waals surface area (Å²) in [6.45, 7) is 3.17. The maximum Gasteiger partial charge on any atom is 0.263 e. The Morgan fingerprint density at radius 1 is 1.23 bits per heavy atom. The van der Waals surface area contributed by atoms with Gasteiger partial charge in [-0.25, -0.2) is 0 Å². The summed E-state index contributed by atoms with van der Waals surface area (Å²) in [6, 6.07) is 3.32. The number of rotatable bonds is 4. The molecule has 3 rings (SSSR count). The number of piperidine rings is 2. The number of ether oxygens (including phenoxy) is 1. The van der Waals surface area contributed by atoms with Crippen molar-refractivity contribution in [1.29, 1.82) is 0 Å². The van der Waals surface area contributed by atoms with Crippen LogP contribution in [0.2, 0.25) is 0 Å². The lowest BCUT2D eigenvalue weighted by Crippen LogP contribution is -2.53. The second kappa shape index (κ2) is 7.61. The standard InChI is InChI=1S/C19H27N3O4/c1-20-9-3-4-15(17(20)24)18(25)21-10-7-19(8-11-21)6-5-16(23)22(14-19)12-13-26-2/h3-4,9H,5-8,10-14H2,1-2H3. The molecule has 0 atom stereocenters. The summed E-state index contributed by atoms with van der Waals surface area (Å²) in [5, 5.41) is 0. The van der Waals surface area contributed by atoms with Gasteiger partial charge in [-0.15, -0.1) is 0 Å². The number of amides is 2. The largest absolute Gasteiger partial charge is 0.383 e. The van der Waals surface area contributed by atoms with E-state index in [1.54, 1.807) is 37.4 Å². The fourth-order valence-electron chi connectivity index (χ4n) is 4.03. The summed E-state index contributed by atoms with van der Waals surface area (Å²) in [6.07, 6.45) is 4.82. The van der Waals surface area contributed by atoms with Crippen molar-refractivity contribution in [2.75, 3.05) is 39.9 Å². The molecule has 1 aromatic rings. The molecule has 2 aliphatic heterocycles. The molecule has 26 heavy (non-hydrogen) atoms. The van der Waals surface area contributed by atoms with E-state index in [0.29, 0.717) is 32.7 Å². The van der Waals surface area contributed by atoms with Crippen molar-refractivity contribution in [2.24, 2.45) is 12.5 Å². The molecule has 2 aliphatic rings. The molecule has 0 radical (unpaired) electrons. The van der Waals surface area contributed by atoms with Gasteiger partial charge in [-0.05, 0) is 36.8 Å². The minimum Gasteiger partial charge on any atom is -0.383 e. The third-order valence-electron chi connectivity index (χ3n) is 5.78. The number of likely N-dealkylation sites (tertiary alicyclic amines) is 2. The Balaban J connectivity index is 1.65. The molecule has 1 spiro atoms. The quantitative estimate of drug-likeness (QED) is 0.798. The fraction of sp³-hybridized carbons (Fsp3) is 0.632. The van der Waals surface area contributed by atoms with E-state index in [9.17, 15) is 14.4 Å². The van der Waals surface area contributed by atoms with Crippen molar-refractivity contribution >= 4 is 11.8 Å². The molecule has 0 unspecified atom stereocenters. The number of hydrogen-bond donors (Lipinski definition) is 0. The molecule has 2 fully saturated rings. The molecular formula is C19H27N3O4. The molecule has 2 saturated heterocycles. The Bertz CT molecular complexity index is 735. The molecule has 2 amide bonds. The molecule has 0 bridgehead atoms. The Morgan fingerprint density at radius 3 is 2.65 bits per heavy atom. The normalized spacial score (nSPS) is 19.8. The van der Waals surface area contributed by atoms with Gasteiger partial charge in [0, 0.05) is 53.0 Å². The van der Waals surface area contributed by atoms with Gasteiger partial charge in [0.05, 0.1) is 6.61 Å². The molecule has 7 nitrogen and oxygen atoms in total. The highest BCUT2D eigenvalue weighted by Crippen LogP contribution is 2.40. The second-order valence-corrected chi connectivity index (χ2v) is 7.44. The van der Waals surface area contributed by atoms with Crippen LogP contribution in [0.25, 0.3) is 0 Å². The second-order valence-electron chi connectivity index (χ2n) is 7.44. The topological polar surface area (TPSA) is 71.8 Å². The number of aryl methyl sites for hydroxylation is 1. The van der Waals surface area contributed by atoms with E-state index < -0.39 is 0 Å². The van der Waals surface area contributed by atoms with Gasteiger partial charge < -0.3 is 19.1 Å². The van der Waals surface area contributed by atoms with Crippen LogP contribution >= 0.6 is 0 Å². The first-order chi connectivity index (χ1) is 12.5. The van der Waals surface area contributed by atoms with Crippen LogP contribution in [0.15, 0.2) is 23.1 Å². The zero-order chi connectivity index (χ0) is 18.7. The van der Waals surface area contributed by atoms with Crippen molar-refractivity contribution in [2.45, 2.75) is 25.7 Å². The minimum absolute atomic E-state index is 0.0834. The van der Waals surface area contributed by atoms with E-state index in [2.05, 4.69) is 0 Å². The summed E-state index contributed by atoms with van der Waals surface area (Å²) < 4.78 is 6.54. The fourth-order valence-corrected chi connectivity index (χ4v) is 4.03. The molecule has 7 heteroatoms. The lowest BCUT2D eigenvalue weighted by Gasteiger charge is -2.47. The molecular weight excluding hydrogens is 334 g/mol. The lowest BCUT2D eigenvalue weighted by molar-refractivity contribution is -0.139. The maximum absolute atomic E-state index is 12.7. The van der Waals surface area contributed by atoms with Crippen LogP contribution in [-0.2, 0) is 16.6 Å². The monoisotopic (exact) mass is 361 g/mol. The molecule has 0 N–H and O–H groups in total. The van der Waals surface area contributed by atoms with Crippen LogP contribution < -0.4 is 5.56 Å². The highest BCUT2D eigenvalue weighted by Gasteiger charge is 2.41. The first kappa shape index (κ1) is 18.6. The summed E-state index contributed by atoms with van der Waals surface area (Å²) in [5.74, 6) is 0.00291. The Kier molecular flexibility index (Phi) is 5.46. The SMILES string of the molecule is COCCN1CC2(CCC1=O)CCN(C(=O)c1cccn(C)c1=O)CC2. The van der Waals surface area contributed by atoms with Gasteiger partial charge in [0.2, 0.25) is 5.91 Å². The minimum atomic E-state index is -0.258. The summed E-state index contributed by atoms with van der Waals surface area (Å²) in [5.41, 5.74) is 0.0540. The van der Waals surface area contributed by atoms with E-state index in [1.165, 1.54) is 4.57 Å². The van der Waals surface area contributed by atoms with Gasteiger partial charge in [-0.3, -0.25) is 14.4 Å². The van der Waals surface area contributed by atoms with Crippen LogP contribution in [-0.4, -0.2) is 66.1 Å². The zero-order valence-electron chi connectivity index (χ0n) is 15.6. The van der Waals surface area contributed by atoms with Crippen molar-refractivity contribution in [3.8, 4) is 0 Å². The third kappa shape index (κ3) is 3.67. The Morgan fingerprint density at radius 2 is 1.96 bits per heavy atom. The number of aromatic nitrogens is 1. The van der Waals surface area contributed by atoms with Gasteiger partial charge in [-0.1, -0.05) is 0 Å². The predicted octanol–water partition coefficient (Wildman–Crippen LogP) is 0.877. The number of methoxy groups -OCH3 is 1. The summed E-state index contributed by atoms with van der Waals surface area (Å²) in [4.78, 5) is 40.7.